The minimum atomic E-state index is -0.136. The molecule has 0 spiro atoms. The average Bonchev–Trinajstić information content (AvgIpc) is 2.63. The Bertz CT molecular complexity index is 633. The summed E-state index contributed by atoms with van der Waals surface area (Å²) in [5, 5.41) is 3.19. The number of halogens is 2. The van der Waals surface area contributed by atoms with Crippen LogP contribution in [0, 0.1) is 5.92 Å². The third-order valence-electron chi connectivity index (χ3n) is 4.42. The molecule has 1 aromatic carbocycles. The molecular weight excluding hydrogens is 389 g/mol. The summed E-state index contributed by atoms with van der Waals surface area (Å²) >= 11 is 6.23. The lowest BCUT2D eigenvalue weighted by atomic mass is 10.1. The maximum Gasteiger partial charge on any atom is 0.255 e. The summed E-state index contributed by atoms with van der Waals surface area (Å²) in [5.41, 5.74) is 6.46. The first kappa shape index (κ1) is 23.7. The molecule has 1 aliphatic heterocycles. The van der Waals surface area contributed by atoms with Gasteiger partial charge < -0.3 is 20.7 Å². The van der Waals surface area contributed by atoms with Gasteiger partial charge in [-0.15, -0.1) is 12.4 Å². The summed E-state index contributed by atoms with van der Waals surface area (Å²) in [5.74, 6) is -0.347. The van der Waals surface area contributed by atoms with Crippen LogP contribution in [0.5, 0.6) is 0 Å². The molecule has 2 rings (SSSR count). The molecule has 0 unspecified atom stereocenters. The molecule has 3 N–H and O–H groups in total. The highest BCUT2D eigenvalue weighted by Crippen LogP contribution is 2.24. The SMILES string of the molecule is CC(C)C(=O)Nc1ccc(Cl)c(C(=O)N2CCC(OCCCN)CC2)c1.Cl. The summed E-state index contributed by atoms with van der Waals surface area (Å²) in [6, 6.07) is 5.00. The van der Waals surface area contributed by atoms with E-state index in [2.05, 4.69) is 5.32 Å². The van der Waals surface area contributed by atoms with Crippen LogP contribution in [0.1, 0.15) is 43.5 Å². The third-order valence-corrected chi connectivity index (χ3v) is 4.75. The van der Waals surface area contributed by atoms with Crippen LogP contribution in [0.15, 0.2) is 18.2 Å². The number of nitrogens with zero attached hydrogens (tertiary/aromatic N) is 1. The highest BCUT2D eigenvalue weighted by atomic mass is 35.5. The van der Waals surface area contributed by atoms with Crippen LogP contribution in [0.3, 0.4) is 0 Å². The molecule has 0 aromatic heterocycles. The number of benzene rings is 1. The van der Waals surface area contributed by atoms with E-state index in [-0.39, 0.29) is 36.2 Å². The zero-order valence-corrected chi connectivity index (χ0v) is 17.4. The molecule has 0 aliphatic carbocycles. The van der Waals surface area contributed by atoms with Crippen LogP contribution in [0.2, 0.25) is 5.02 Å². The van der Waals surface area contributed by atoms with Crippen molar-refractivity contribution in [1.29, 1.82) is 0 Å². The lowest BCUT2D eigenvalue weighted by molar-refractivity contribution is -0.118. The van der Waals surface area contributed by atoms with Crippen molar-refractivity contribution in [1.82, 2.24) is 4.90 Å². The summed E-state index contributed by atoms with van der Waals surface area (Å²) in [7, 11) is 0. The molecular formula is C19H29Cl2N3O3. The smallest absolute Gasteiger partial charge is 0.255 e. The Hall–Kier alpha value is -1.34. The number of hydrogen-bond acceptors (Lipinski definition) is 4. The van der Waals surface area contributed by atoms with E-state index in [0.29, 0.717) is 42.5 Å². The third kappa shape index (κ3) is 6.96. The van der Waals surface area contributed by atoms with Crippen molar-refractivity contribution in [3.63, 3.8) is 0 Å². The summed E-state index contributed by atoms with van der Waals surface area (Å²) in [4.78, 5) is 26.5. The molecule has 0 saturated carbocycles. The predicted octanol–water partition coefficient (Wildman–Crippen LogP) is 3.33. The van der Waals surface area contributed by atoms with E-state index < -0.39 is 0 Å². The van der Waals surface area contributed by atoms with Crippen molar-refractivity contribution in [3.05, 3.63) is 28.8 Å². The zero-order chi connectivity index (χ0) is 19.1. The molecule has 1 saturated heterocycles. The van der Waals surface area contributed by atoms with Gasteiger partial charge in [-0.1, -0.05) is 25.4 Å². The molecule has 0 radical (unpaired) electrons. The van der Waals surface area contributed by atoms with Crippen molar-refractivity contribution < 1.29 is 14.3 Å². The first-order valence-corrected chi connectivity index (χ1v) is 9.51. The molecule has 1 aliphatic rings. The van der Waals surface area contributed by atoms with Crippen LogP contribution < -0.4 is 11.1 Å². The van der Waals surface area contributed by atoms with Gasteiger partial charge in [-0.25, -0.2) is 0 Å². The number of hydrogen-bond donors (Lipinski definition) is 2. The Labute approximate surface area is 172 Å². The van der Waals surface area contributed by atoms with E-state index >= 15 is 0 Å². The molecule has 1 aromatic rings. The Morgan fingerprint density at radius 3 is 2.59 bits per heavy atom. The van der Waals surface area contributed by atoms with E-state index in [1.54, 1.807) is 23.1 Å². The Balaban J connectivity index is 0.00000364. The molecule has 27 heavy (non-hydrogen) atoms. The number of nitrogens with two attached hydrogens (primary N) is 1. The molecule has 0 bridgehead atoms. The molecule has 0 atom stereocenters. The fraction of sp³-hybridized carbons (Fsp3) is 0.579. The van der Waals surface area contributed by atoms with E-state index in [0.717, 1.165) is 19.3 Å². The van der Waals surface area contributed by atoms with Gasteiger partial charge in [0, 0.05) is 31.3 Å². The highest BCUT2D eigenvalue weighted by molar-refractivity contribution is 6.34. The number of nitrogens with one attached hydrogen (secondary N) is 1. The number of anilines is 1. The number of ether oxygens (including phenoxy) is 1. The van der Waals surface area contributed by atoms with Gasteiger partial charge >= 0.3 is 0 Å². The first-order valence-electron chi connectivity index (χ1n) is 9.13. The lowest BCUT2D eigenvalue weighted by Crippen LogP contribution is -2.41. The van der Waals surface area contributed by atoms with Gasteiger partial charge in [0.1, 0.15) is 0 Å². The quantitative estimate of drug-likeness (QED) is 0.666. The van der Waals surface area contributed by atoms with E-state index in [4.69, 9.17) is 22.1 Å². The number of carbonyl (C=O) groups excluding carboxylic acids is 2. The van der Waals surface area contributed by atoms with Gasteiger partial charge in [-0.2, -0.15) is 0 Å². The van der Waals surface area contributed by atoms with E-state index in [9.17, 15) is 9.59 Å². The second-order valence-electron chi connectivity index (χ2n) is 6.84. The second kappa shape index (κ2) is 11.5. The Morgan fingerprint density at radius 1 is 1.33 bits per heavy atom. The number of rotatable bonds is 7. The fourth-order valence-electron chi connectivity index (χ4n) is 2.78. The van der Waals surface area contributed by atoms with Gasteiger partial charge in [0.15, 0.2) is 0 Å². The standard InChI is InChI=1S/C19H28ClN3O3.ClH/c1-13(2)18(24)22-14-4-5-17(20)16(12-14)19(25)23-9-6-15(7-10-23)26-11-3-8-21;/h4-5,12-13,15H,3,6-11,21H2,1-2H3,(H,22,24);1H. The van der Waals surface area contributed by atoms with Crippen molar-refractivity contribution in [2.24, 2.45) is 11.7 Å². The number of amides is 2. The minimum absolute atomic E-state index is 0. The van der Waals surface area contributed by atoms with Gasteiger partial charge in [-0.3, -0.25) is 9.59 Å². The van der Waals surface area contributed by atoms with Crippen molar-refractivity contribution in [3.8, 4) is 0 Å². The van der Waals surface area contributed by atoms with Crippen LogP contribution >= 0.6 is 24.0 Å². The van der Waals surface area contributed by atoms with Gasteiger partial charge in [0.25, 0.3) is 5.91 Å². The van der Waals surface area contributed by atoms with E-state index in [1.807, 2.05) is 13.8 Å². The molecule has 2 amide bonds. The van der Waals surface area contributed by atoms with Gasteiger partial charge in [0.05, 0.1) is 16.7 Å². The van der Waals surface area contributed by atoms with Gasteiger partial charge in [0.2, 0.25) is 5.91 Å². The number of piperidine rings is 1. The van der Waals surface area contributed by atoms with Gasteiger partial charge in [-0.05, 0) is 44.0 Å². The predicted molar refractivity (Wildman–Crippen MR) is 111 cm³/mol. The number of likely N-dealkylation sites (tertiary alicyclic amines) is 1. The Kier molecular flexibility index (Phi) is 10.1. The molecule has 8 heteroatoms. The maximum atomic E-state index is 12.8. The van der Waals surface area contributed by atoms with E-state index in [1.165, 1.54) is 0 Å². The average molecular weight is 418 g/mol. The van der Waals surface area contributed by atoms with Crippen LogP contribution in [0.4, 0.5) is 5.69 Å². The molecule has 1 heterocycles. The largest absolute Gasteiger partial charge is 0.378 e. The monoisotopic (exact) mass is 417 g/mol. The normalized spacial score (nSPS) is 14.8. The topological polar surface area (TPSA) is 84.7 Å². The van der Waals surface area contributed by atoms with Crippen LogP contribution in [-0.2, 0) is 9.53 Å². The molecule has 1 fully saturated rings. The zero-order valence-electron chi connectivity index (χ0n) is 15.9. The van der Waals surface area contributed by atoms with Crippen molar-refractivity contribution in [2.45, 2.75) is 39.2 Å². The minimum Gasteiger partial charge on any atom is -0.378 e. The first-order chi connectivity index (χ1) is 12.4. The van der Waals surface area contributed by atoms with Crippen molar-refractivity contribution in [2.75, 3.05) is 31.6 Å². The molecule has 6 nitrogen and oxygen atoms in total. The maximum absolute atomic E-state index is 12.8. The number of carbonyl (C=O) groups is 2. The van der Waals surface area contributed by atoms with Crippen molar-refractivity contribution >= 4 is 41.5 Å². The second-order valence-corrected chi connectivity index (χ2v) is 7.25. The fourth-order valence-corrected chi connectivity index (χ4v) is 2.98. The van der Waals surface area contributed by atoms with Crippen LogP contribution in [-0.4, -0.2) is 49.1 Å². The lowest BCUT2D eigenvalue weighted by Gasteiger charge is -2.32. The summed E-state index contributed by atoms with van der Waals surface area (Å²) < 4.78 is 5.77. The highest BCUT2D eigenvalue weighted by Gasteiger charge is 2.25. The summed E-state index contributed by atoms with van der Waals surface area (Å²) in [6.45, 7) is 6.18. The molecule has 152 valence electrons. The van der Waals surface area contributed by atoms with Crippen LogP contribution in [0.25, 0.3) is 0 Å². The summed E-state index contributed by atoms with van der Waals surface area (Å²) in [6.07, 6.45) is 2.64. The Morgan fingerprint density at radius 2 is 2.00 bits per heavy atom.